The van der Waals surface area contributed by atoms with Gasteiger partial charge in [0.1, 0.15) is 0 Å². The number of aldehydes is 1. The minimum atomic E-state index is 0.448. The lowest BCUT2D eigenvalue weighted by molar-refractivity contribution is 0.112. The van der Waals surface area contributed by atoms with Crippen LogP contribution in [0.25, 0.3) is 0 Å². The molecule has 2 rings (SSSR count). The molecule has 1 aromatic rings. The average Bonchev–Trinajstić information content (AvgIpc) is 2.47. The van der Waals surface area contributed by atoms with Crippen molar-refractivity contribution in [2.24, 2.45) is 5.41 Å². The van der Waals surface area contributed by atoms with Gasteiger partial charge in [0.25, 0.3) is 0 Å². The van der Waals surface area contributed by atoms with Crippen LogP contribution in [0.2, 0.25) is 0 Å². The molecule has 1 aliphatic heterocycles. The molecule has 1 aromatic heterocycles. The number of rotatable bonds is 2. The molecule has 0 aliphatic carbocycles. The van der Waals surface area contributed by atoms with Gasteiger partial charge in [-0.15, -0.1) is 11.3 Å². The van der Waals surface area contributed by atoms with E-state index in [2.05, 4.69) is 24.1 Å². The number of carbonyl (C=O) groups is 1. The van der Waals surface area contributed by atoms with Crippen LogP contribution in [-0.2, 0) is 0 Å². The second kappa shape index (κ2) is 2.84. The Morgan fingerprint density at radius 1 is 1.54 bits per heavy atom. The van der Waals surface area contributed by atoms with E-state index < -0.39 is 0 Å². The summed E-state index contributed by atoms with van der Waals surface area (Å²) in [6, 6.07) is 1.97. The van der Waals surface area contributed by atoms with Crippen molar-refractivity contribution in [1.29, 1.82) is 0 Å². The van der Waals surface area contributed by atoms with Crippen molar-refractivity contribution in [2.45, 2.75) is 13.8 Å². The minimum Gasteiger partial charge on any atom is -0.370 e. The molecule has 1 fully saturated rings. The summed E-state index contributed by atoms with van der Waals surface area (Å²) in [5.74, 6) is 0. The number of carbonyl (C=O) groups excluding carboxylic acids is 1. The van der Waals surface area contributed by atoms with Crippen molar-refractivity contribution in [3.8, 4) is 0 Å². The first kappa shape index (κ1) is 8.75. The van der Waals surface area contributed by atoms with E-state index in [4.69, 9.17) is 0 Å². The van der Waals surface area contributed by atoms with Gasteiger partial charge in [0.15, 0.2) is 6.29 Å². The van der Waals surface area contributed by atoms with Crippen LogP contribution in [-0.4, -0.2) is 19.4 Å². The molecule has 1 aliphatic rings. The number of hydrogen-bond donors (Lipinski definition) is 0. The van der Waals surface area contributed by atoms with E-state index in [1.54, 1.807) is 0 Å². The van der Waals surface area contributed by atoms with Crippen LogP contribution in [0.5, 0.6) is 0 Å². The van der Waals surface area contributed by atoms with Gasteiger partial charge in [0, 0.05) is 24.2 Å². The maximum atomic E-state index is 10.5. The van der Waals surface area contributed by atoms with Crippen molar-refractivity contribution >= 4 is 23.3 Å². The summed E-state index contributed by atoms with van der Waals surface area (Å²) < 4.78 is 0. The Bertz CT molecular complexity index is 321. The lowest BCUT2D eigenvalue weighted by Crippen LogP contribution is -2.52. The molecule has 0 atom stereocenters. The molecule has 3 heteroatoms. The molecular weight excluding hydrogens is 182 g/mol. The lowest BCUT2D eigenvalue weighted by Gasteiger charge is -2.46. The van der Waals surface area contributed by atoms with Gasteiger partial charge >= 0.3 is 0 Å². The molecule has 2 heterocycles. The molecular formula is C10H13NOS. The topological polar surface area (TPSA) is 20.3 Å². The largest absolute Gasteiger partial charge is 0.370 e. The minimum absolute atomic E-state index is 0.448. The predicted octanol–water partition coefficient (Wildman–Crippen LogP) is 2.41. The van der Waals surface area contributed by atoms with E-state index in [9.17, 15) is 4.79 Å². The number of thiophene rings is 1. The summed E-state index contributed by atoms with van der Waals surface area (Å²) in [6.45, 7) is 6.72. The van der Waals surface area contributed by atoms with E-state index in [0.29, 0.717) is 5.41 Å². The molecule has 0 aromatic carbocycles. The average molecular weight is 195 g/mol. The third-order valence-electron chi connectivity index (χ3n) is 2.32. The maximum absolute atomic E-state index is 10.5. The van der Waals surface area contributed by atoms with Gasteiger partial charge in [-0.25, -0.2) is 0 Å². The maximum Gasteiger partial charge on any atom is 0.160 e. The second-order valence-electron chi connectivity index (χ2n) is 4.35. The highest BCUT2D eigenvalue weighted by molar-refractivity contribution is 7.12. The first-order valence-corrected chi connectivity index (χ1v) is 5.27. The van der Waals surface area contributed by atoms with Crippen molar-refractivity contribution in [2.75, 3.05) is 18.0 Å². The van der Waals surface area contributed by atoms with Crippen LogP contribution in [0.15, 0.2) is 11.4 Å². The molecule has 2 nitrogen and oxygen atoms in total. The van der Waals surface area contributed by atoms with Crippen molar-refractivity contribution in [1.82, 2.24) is 0 Å². The van der Waals surface area contributed by atoms with E-state index >= 15 is 0 Å². The number of anilines is 1. The van der Waals surface area contributed by atoms with Gasteiger partial charge in [-0.3, -0.25) is 4.79 Å². The van der Waals surface area contributed by atoms with Crippen molar-refractivity contribution < 1.29 is 4.79 Å². The van der Waals surface area contributed by atoms with Crippen molar-refractivity contribution in [3.05, 3.63) is 16.3 Å². The Morgan fingerprint density at radius 3 is 2.69 bits per heavy atom. The molecule has 0 spiro atoms. The molecule has 0 amide bonds. The highest BCUT2D eigenvalue weighted by Gasteiger charge is 2.34. The summed E-state index contributed by atoms with van der Waals surface area (Å²) in [5.41, 5.74) is 1.65. The fourth-order valence-electron chi connectivity index (χ4n) is 1.74. The first-order chi connectivity index (χ1) is 6.11. The van der Waals surface area contributed by atoms with Crippen LogP contribution >= 0.6 is 11.3 Å². The normalized spacial score (nSPS) is 19.7. The Kier molecular flexibility index (Phi) is 1.91. The van der Waals surface area contributed by atoms with Crippen LogP contribution in [0.4, 0.5) is 5.69 Å². The molecule has 0 radical (unpaired) electrons. The van der Waals surface area contributed by atoms with Crippen LogP contribution < -0.4 is 4.90 Å². The molecule has 0 bridgehead atoms. The second-order valence-corrected chi connectivity index (χ2v) is 5.29. The number of nitrogens with zero attached hydrogens (tertiary/aromatic N) is 1. The van der Waals surface area contributed by atoms with E-state index in [1.165, 1.54) is 17.0 Å². The molecule has 0 unspecified atom stereocenters. The first-order valence-electron chi connectivity index (χ1n) is 4.39. The summed E-state index contributed by atoms with van der Waals surface area (Å²) >= 11 is 1.52. The monoisotopic (exact) mass is 195 g/mol. The number of hydrogen-bond acceptors (Lipinski definition) is 3. The van der Waals surface area contributed by atoms with Crippen molar-refractivity contribution in [3.63, 3.8) is 0 Å². The predicted molar refractivity (Wildman–Crippen MR) is 55.7 cm³/mol. The zero-order valence-electron chi connectivity index (χ0n) is 7.91. The zero-order valence-corrected chi connectivity index (χ0v) is 8.73. The Balaban J connectivity index is 2.07. The van der Waals surface area contributed by atoms with Crippen LogP contribution in [0.3, 0.4) is 0 Å². The summed E-state index contributed by atoms with van der Waals surface area (Å²) in [7, 11) is 0. The quantitative estimate of drug-likeness (QED) is 0.675. The summed E-state index contributed by atoms with van der Waals surface area (Å²) in [6.07, 6.45) is 0.916. The summed E-state index contributed by atoms with van der Waals surface area (Å²) in [5, 5.41) is 2.05. The lowest BCUT2D eigenvalue weighted by atomic mass is 9.84. The van der Waals surface area contributed by atoms with Crippen LogP contribution in [0.1, 0.15) is 23.5 Å². The van der Waals surface area contributed by atoms with Gasteiger partial charge in [-0.1, -0.05) is 13.8 Å². The highest BCUT2D eigenvalue weighted by Crippen LogP contribution is 2.35. The molecule has 0 saturated carbocycles. The van der Waals surface area contributed by atoms with Crippen LogP contribution in [0, 0.1) is 5.41 Å². The standard InChI is InChI=1S/C10H13NOS/c1-10(2)6-11(7-10)8-3-9(4-12)13-5-8/h3-5H,6-7H2,1-2H3. The van der Waals surface area contributed by atoms with Gasteiger partial charge in [-0.05, 0) is 11.5 Å². The van der Waals surface area contributed by atoms with Gasteiger partial charge in [0.2, 0.25) is 0 Å². The highest BCUT2D eigenvalue weighted by atomic mass is 32.1. The van der Waals surface area contributed by atoms with Gasteiger partial charge in [0.05, 0.1) is 4.88 Å². The summed E-state index contributed by atoms with van der Waals surface area (Å²) in [4.78, 5) is 13.6. The fourth-order valence-corrected chi connectivity index (χ4v) is 2.46. The molecule has 13 heavy (non-hydrogen) atoms. The molecule has 70 valence electrons. The third-order valence-corrected chi connectivity index (χ3v) is 3.17. The molecule has 0 N–H and O–H groups in total. The zero-order chi connectivity index (χ0) is 9.47. The smallest absolute Gasteiger partial charge is 0.160 e. The Hall–Kier alpha value is -0.830. The SMILES string of the molecule is CC1(C)CN(c2csc(C=O)c2)C1. The van der Waals surface area contributed by atoms with E-state index in [1.807, 2.05) is 6.07 Å². The van der Waals surface area contributed by atoms with Gasteiger partial charge < -0.3 is 4.90 Å². The Morgan fingerprint density at radius 2 is 2.23 bits per heavy atom. The van der Waals surface area contributed by atoms with E-state index in [0.717, 1.165) is 24.3 Å². The van der Waals surface area contributed by atoms with E-state index in [-0.39, 0.29) is 0 Å². The molecule has 1 saturated heterocycles. The Labute approximate surface area is 82.2 Å². The fraction of sp³-hybridized carbons (Fsp3) is 0.500. The third kappa shape index (κ3) is 1.61. The van der Waals surface area contributed by atoms with Gasteiger partial charge in [-0.2, -0.15) is 0 Å².